The second kappa shape index (κ2) is 7.18. The summed E-state index contributed by atoms with van der Waals surface area (Å²) in [7, 11) is -4.26. The van der Waals surface area contributed by atoms with E-state index in [-0.39, 0.29) is 11.6 Å². The predicted octanol–water partition coefficient (Wildman–Crippen LogP) is 4.37. The van der Waals surface area contributed by atoms with E-state index in [2.05, 4.69) is 9.46 Å². The number of para-hydroxylation sites is 1. The highest BCUT2D eigenvalue weighted by atomic mass is 35.5. The molecule has 2 aromatic rings. The Kier molecular flexibility index (Phi) is 5.64. The predicted molar refractivity (Wildman–Crippen MR) is 83.6 cm³/mol. The van der Waals surface area contributed by atoms with Gasteiger partial charge in [0.1, 0.15) is 10.6 Å². The van der Waals surface area contributed by atoms with Gasteiger partial charge in [0, 0.05) is 16.6 Å². The quantitative estimate of drug-likeness (QED) is 0.811. The van der Waals surface area contributed by atoms with Crippen molar-refractivity contribution >= 4 is 33.2 Å². The van der Waals surface area contributed by atoms with Crippen LogP contribution in [0.4, 0.5) is 13.2 Å². The lowest BCUT2D eigenvalue weighted by Gasteiger charge is -2.14. The van der Waals surface area contributed by atoms with E-state index in [0.29, 0.717) is 10.6 Å². The van der Waals surface area contributed by atoms with E-state index in [0.717, 1.165) is 12.1 Å². The van der Waals surface area contributed by atoms with Crippen LogP contribution in [0.2, 0.25) is 10.0 Å². The minimum atomic E-state index is -5.01. The van der Waals surface area contributed by atoms with Crippen LogP contribution < -0.4 is 9.46 Å². The fraction of sp³-hybridized carbons (Fsp3) is 0.143. The summed E-state index contributed by atoms with van der Waals surface area (Å²) in [6.45, 7) is -0.224. The summed E-state index contributed by atoms with van der Waals surface area (Å²) in [5, 5.41) is 0.598. The van der Waals surface area contributed by atoms with Gasteiger partial charge < -0.3 is 4.74 Å². The zero-order valence-electron chi connectivity index (χ0n) is 11.8. The van der Waals surface area contributed by atoms with Gasteiger partial charge >= 0.3 is 6.36 Å². The third-order valence-corrected chi connectivity index (χ3v) is 4.86. The molecular formula is C14H10Cl2F3NO3S. The van der Waals surface area contributed by atoms with Crippen molar-refractivity contribution in [1.29, 1.82) is 0 Å². The molecule has 0 aromatic heterocycles. The average Bonchev–Trinajstić information content (AvgIpc) is 2.45. The molecule has 0 spiro atoms. The SMILES string of the molecule is O=S(=O)(NCc1ccc(Cl)cc1Cl)c1ccccc1OC(F)(F)F. The van der Waals surface area contributed by atoms with Crippen molar-refractivity contribution in [1.82, 2.24) is 4.72 Å². The van der Waals surface area contributed by atoms with Crippen LogP contribution >= 0.6 is 23.2 Å². The molecule has 10 heteroatoms. The monoisotopic (exact) mass is 399 g/mol. The van der Waals surface area contributed by atoms with Gasteiger partial charge in [-0.2, -0.15) is 0 Å². The number of hydrogen-bond donors (Lipinski definition) is 1. The maximum atomic E-state index is 12.4. The second-order valence-corrected chi connectivity index (χ2v) is 7.13. The number of alkyl halides is 3. The van der Waals surface area contributed by atoms with Gasteiger partial charge in [-0.1, -0.05) is 41.4 Å². The number of ether oxygens (including phenoxy) is 1. The van der Waals surface area contributed by atoms with Crippen LogP contribution in [0, 0.1) is 0 Å². The maximum Gasteiger partial charge on any atom is 0.573 e. The second-order valence-electron chi connectivity index (χ2n) is 4.55. The van der Waals surface area contributed by atoms with Crippen molar-refractivity contribution in [2.24, 2.45) is 0 Å². The highest BCUT2D eigenvalue weighted by Gasteiger charge is 2.33. The Morgan fingerprint density at radius 3 is 2.38 bits per heavy atom. The molecule has 1 N–H and O–H groups in total. The van der Waals surface area contributed by atoms with Gasteiger partial charge in [0.05, 0.1) is 0 Å². The molecule has 0 heterocycles. The van der Waals surface area contributed by atoms with Crippen LogP contribution in [0.25, 0.3) is 0 Å². The summed E-state index contributed by atoms with van der Waals surface area (Å²) >= 11 is 11.7. The minimum absolute atomic E-state index is 0.224. The van der Waals surface area contributed by atoms with E-state index in [1.807, 2.05) is 0 Å². The lowest BCUT2D eigenvalue weighted by Crippen LogP contribution is -2.25. The van der Waals surface area contributed by atoms with E-state index < -0.39 is 27.0 Å². The molecule has 0 atom stereocenters. The van der Waals surface area contributed by atoms with Gasteiger partial charge in [0.15, 0.2) is 0 Å². The number of hydrogen-bond acceptors (Lipinski definition) is 3. The van der Waals surface area contributed by atoms with E-state index in [1.165, 1.54) is 30.3 Å². The molecule has 2 aromatic carbocycles. The van der Waals surface area contributed by atoms with Crippen LogP contribution in [0.15, 0.2) is 47.4 Å². The van der Waals surface area contributed by atoms with Gasteiger partial charge in [0.2, 0.25) is 10.0 Å². The van der Waals surface area contributed by atoms with Crippen molar-refractivity contribution in [3.8, 4) is 5.75 Å². The normalized spacial score (nSPS) is 12.2. The summed E-state index contributed by atoms with van der Waals surface area (Å²) in [6, 6.07) is 8.88. The van der Waals surface area contributed by atoms with Crippen molar-refractivity contribution < 1.29 is 26.3 Å². The van der Waals surface area contributed by atoms with Crippen LogP contribution in [0.5, 0.6) is 5.75 Å². The molecule has 0 saturated carbocycles. The van der Waals surface area contributed by atoms with E-state index >= 15 is 0 Å². The zero-order chi connectivity index (χ0) is 18.0. The van der Waals surface area contributed by atoms with Gasteiger partial charge in [0.25, 0.3) is 0 Å². The molecule has 0 aliphatic carbocycles. The molecule has 0 saturated heterocycles. The first-order valence-electron chi connectivity index (χ1n) is 6.37. The molecule has 0 radical (unpaired) electrons. The highest BCUT2D eigenvalue weighted by molar-refractivity contribution is 7.89. The van der Waals surface area contributed by atoms with Crippen LogP contribution in [0.3, 0.4) is 0 Å². The molecular weight excluding hydrogens is 390 g/mol. The molecule has 0 bridgehead atoms. The molecule has 2 rings (SSSR count). The Morgan fingerprint density at radius 2 is 1.75 bits per heavy atom. The number of halogens is 5. The molecule has 0 unspecified atom stereocenters. The average molecular weight is 400 g/mol. The number of nitrogens with one attached hydrogen (secondary N) is 1. The first-order valence-corrected chi connectivity index (χ1v) is 8.61. The largest absolute Gasteiger partial charge is 0.573 e. The van der Waals surface area contributed by atoms with Crippen LogP contribution in [0.1, 0.15) is 5.56 Å². The third kappa shape index (κ3) is 5.01. The topological polar surface area (TPSA) is 55.4 Å². The van der Waals surface area contributed by atoms with Crippen molar-refractivity contribution in [3.63, 3.8) is 0 Å². The first-order chi connectivity index (χ1) is 11.1. The fourth-order valence-electron chi connectivity index (χ4n) is 1.80. The molecule has 130 valence electrons. The summed E-state index contributed by atoms with van der Waals surface area (Å²) in [6.07, 6.45) is -5.01. The van der Waals surface area contributed by atoms with Gasteiger partial charge in [-0.05, 0) is 29.8 Å². The lowest BCUT2D eigenvalue weighted by molar-refractivity contribution is -0.275. The Bertz CT molecular complexity index is 841. The minimum Gasteiger partial charge on any atom is -0.404 e. The van der Waals surface area contributed by atoms with Crippen molar-refractivity contribution in [2.45, 2.75) is 17.8 Å². The Hall–Kier alpha value is -1.48. The number of rotatable bonds is 5. The molecule has 0 amide bonds. The van der Waals surface area contributed by atoms with E-state index in [4.69, 9.17) is 23.2 Å². The summed E-state index contributed by atoms with van der Waals surface area (Å²) in [5.41, 5.74) is 0.416. The fourth-order valence-corrected chi connectivity index (χ4v) is 3.41. The maximum absolute atomic E-state index is 12.4. The van der Waals surface area contributed by atoms with Crippen LogP contribution in [-0.2, 0) is 16.6 Å². The Labute approximate surface area is 146 Å². The first kappa shape index (κ1) is 18.9. The standard InChI is InChI=1S/C14H10Cl2F3NO3S/c15-10-6-5-9(11(16)7-10)8-20-24(21,22)13-4-2-1-3-12(13)23-14(17,18)19/h1-7,20H,8H2. The zero-order valence-corrected chi connectivity index (χ0v) is 14.1. The summed E-state index contributed by atoms with van der Waals surface area (Å²) in [4.78, 5) is -0.632. The number of benzene rings is 2. The molecule has 4 nitrogen and oxygen atoms in total. The van der Waals surface area contributed by atoms with E-state index in [9.17, 15) is 21.6 Å². The highest BCUT2D eigenvalue weighted by Crippen LogP contribution is 2.29. The summed E-state index contributed by atoms with van der Waals surface area (Å²) < 4.78 is 67.6. The molecule has 24 heavy (non-hydrogen) atoms. The van der Waals surface area contributed by atoms with Crippen molar-refractivity contribution in [3.05, 3.63) is 58.1 Å². The third-order valence-electron chi connectivity index (χ3n) is 2.83. The molecule has 0 aliphatic heterocycles. The van der Waals surface area contributed by atoms with Gasteiger partial charge in [-0.15, -0.1) is 13.2 Å². The Balaban J connectivity index is 2.25. The lowest BCUT2D eigenvalue weighted by atomic mass is 10.2. The molecule has 0 aliphatic rings. The van der Waals surface area contributed by atoms with Crippen molar-refractivity contribution in [2.75, 3.05) is 0 Å². The summed E-state index contributed by atoms with van der Waals surface area (Å²) in [5.74, 6) is -0.820. The van der Waals surface area contributed by atoms with E-state index in [1.54, 1.807) is 0 Å². The van der Waals surface area contributed by atoms with Crippen LogP contribution in [-0.4, -0.2) is 14.8 Å². The van der Waals surface area contributed by atoms with Gasteiger partial charge in [-0.3, -0.25) is 0 Å². The smallest absolute Gasteiger partial charge is 0.404 e. The Morgan fingerprint density at radius 1 is 1.08 bits per heavy atom. The number of sulfonamides is 1. The van der Waals surface area contributed by atoms with Gasteiger partial charge in [-0.25, -0.2) is 13.1 Å². The molecule has 0 fully saturated rings.